The quantitative estimate of drug-likeness (QED) is 0.801. The highest BCUT2D eigenvalue weighted by molar-refractivity contribution is 5.94. The maximum Gasteiger partial charge on any atom is 0.326 e. The largest absolute Gasteiger partial charge is 0.480 e. The molecule has 5 nitrogen and oxygen atoms in total. The van der Waals surface area contributed by atoms with Gasteiger partial charge in [0, 0.05) is 7.05 Å². The molecule has 1 aromatic rings. The van der Waals surface area contributed by atoms with Crippen LogP contribution in [0, 0.1) is 5.82 Å². The second kappa shape index (κ2) is 6.53. The predicted molar refractivity (Wildman–Crippen MR) is 69.6 cm³/mol. The fraction of sp³-hybridized carbons (Fsp3) is 0.231. The van der Waals surface area contributed by atoms with E-state index in [1.54, 1.807) is 6.07 Å². The summed E-state index contributed by atoms with van der Waals surface area (Å²) in [6.07, 6.45) is 1.48. The van der Waals surface area contributed by atoms with E-state index in [1.165, 1.54) is 31.3 Å². The molecule has 1 aromatic carbocycles. The van der Waals surface area contributed by atoms with E-state index >= 15 is 0 Å². The molecule has 102 valence electrons. The first-order valence-corrected chi connectivity index (χ1v) is 5.59. The van der Waals surface area contributed by atoms with Gasteiger partial charge in [-0.2, -0.15) is 0 Å². The number of para-hydroxylation sites is 1. The second-order valence-electron chi connectivity index (χ2n) is 3.88. The number of urea groups is 1. The number of rotatable bonds is 5. The molecule has 0 aliphatic carbocycles. The van der Waals surface area contributed by atoms with Crippen LogP contribution in [0.3, 0.4) is 0 Å². The average Bonchev–Trinajstić information content (AvgIpc) is 2.37. The molecule has 2 N–H and O–H groups in total. The third kappa shape index (κ3) is 3.80. The molecule has 1 unspecified atom stereocenters. The maximum atomic E-state index is 13.5. The number of nitrogens with zero attached hydrogens (tertiary/aromatic N) is 1. The fourth-order valence-corrected chi connectivity index (χ4v) is 1.47. The van der Waals surface area contributed by atoms with Crippen molar-refractivity contribution in [2.45, 2.75) is 12.5 Å². The van der Waals surface area contributed by atoms with Gasteiger partial charge in [-0.05, 0) is 18.6 Å². The zero-order valence-electron chi connectivity index (χ0n) is 10.5. The summed E-state index contributed by atoms with van der Waals surface area (Å²) >= 11 is 0. The van der Waals surface area contributed by atoms with Crippen LogP contribution < -0.4 is 10.2 Å². The summed E-state index contributed by atoms with van der Waals surface area (Å²) in [5.74, 6) is -1.73. The number of carboxylic acid groups (broad SMARTS) is 1. The van der Waals surface area contributed by atoms with Gasteiger partial charge in [0.1, 0.15) is 11.9 Å². The molecule has 0 aromatic heterocycles. The molecular weight excluding hydrogens is 251 g/mol. The Morgan fingerprint density at radius 1 is 1.53 bits per heavy atom. The van der Waals surface area contributed by atoms with Crippen molar-refractivity contribution in [2.75, 3.05) is 11.9 Å². The number of benzene rings is 1. The number of amides is 2. The minimum absolute atomic E-state index is 0.0720. The Morgan fingerprint density at radius 2 is 2.16 bits per heavy atom. The first-order chi connectivity index (χ1) is 8.97. The van der Waals surface area contributed by atoms with E-state index in [4.69, 9.17) is 5.11 Å². The monoisotopic (exact) mass is 266 g/mol. The Labute approximate surface area is 110 Å². The van der Waals surface area contributed by atoms with Gasteiger partial charge in [0.2, 0.25) is 0 Å². The van der Waals surface area contributed by atoms with Crippen molar-refractivity contribution in [1.29, 1.82) is 0 Å². The highest BCUT2D eigenvalue weighted by Crippen LogP contribution is 2.17. The minimum Gasteiger partial charge on any atom is -0.480 e. The van der Waals surface area contributed by atoms with E-state index in [1.807, 2.05) is 0 Å². The summed E-state index contributed by atoms with van der Waals surface area (Å²) in [7, 11) is 1.36. The van der Waals surface area contributed by atoms with Crippen molar-refractivity contribution in [3.05, 3.63) is 42.7 Å². The van der Waals surface area contributed by atoms with Gasteiger partial charge in [-0.25, -0.2) is 14.0 Å². The van der Waals surface area contributed by atoms with Gasteiger partial charge in [-0.3, -0.25) is 4.90 Å². The van der Waals surface area contributed by atoms with Gasteiger partial charge in [0.25, 0.3) is 0 Å². The molecule has 19 heavy (non-hydrogen) atoms. The van der Waals surface area contributed by atoms with Crippen molar-refractivity contribution in [2.24, 2.45) is 0 Å². The molecule has 0 aliphatic rings. The standard InChI is InChI=1S/C13H15FN2O3/c1-3-6-10(12(17)18)15-13(19)16(2)11-8-5-4-7-9(11)14/h3-5,7-8,10H,1,6H2,2H3,(H,15,19)(H,17,18). The number of carbonyl (C=O) groups excluding carboxylic acids is 1. The van der Waals surface area contributed by atoms with E-state index in [0.717, 1.165) is 4.90 Å². The predicted octanol–water partition coefficient (Wildman–Crippen LogP) is 2.00. The number of aliphatic carboxylic acids is 1. The van der Waals surface area contributed by atoms with Crippen LogP contribution in [0.1, 0.15) is 6.42 Å². The molecule has 2 amide bonds. The van der Waals surface area contributed by atoms with Crippen molar-refractivity contribution in [1.82, 2.24) is 5.32 Å². The lowest BCUT2D eigenvalue weighted by molar-refractivity contribution is -0.139. The lowest BCUT2D eigenvalue weighted by Crippen LogP contribution is -2.46. The van der Waals surface area contributed by atoms with Crippen LogP contribution in [-0.4, -0.2) is 30.2 Å². The summed E-state index contributed by atoms with van der Waals surface area (Å²) < 4.78 is 13.5. The molecule has 6 heteroatoms. The second-order valence-corrected chi connectivity index (χ2v) is 3.88. The average molecular weight is 266 g/mol. The minimum atomic E-state index is -1.17. The first kappa shape index (κ1) is 14.7. The molecule has 0 saturated carbocycles. The van der Waals surface area contributed by atoms with Crippen LogP contribution in [0.2, 0.25) is 0 Å². The normalized spacial score (nSPS) is 11.5. The first-order valence-electron chi connectivity index (χ1n) is 5.59. The highest BCUT2D eigenvalue weighted by atomic mass is 19.1. The summed E-state index contributed by atoms with van der Waals surface area (Å²) in [6, 6.07) is 3.96. The van der Waals surface area contributed by atoms with E-state index in [0.29, 0.717) is 0 Å². The molecule has 1 rings (SSSR count). The molecule has 0 bridgehead atoms. The van der Waals surface area contributed by atoms with Crippen LogP contribution in [0.15, 0.2) is 36.9 Å². The Kier molecular flexibility index (Phi) is 5.05. The molecule has 1 atom stereocenters. The van der Waals surface area contributed by atoms with Gasteiger partial charge in [0.15, 0.2) is 0 Å². The number of carboxylic acids is 1. The molecule has 0 radical (unpaired) electrons. The molecule has 0 fully saturated rings. The van der Waals surface area contributed by atoms with Crippen molar-refractivity contribution in [3.8, 4) is 0 Å². The highest BCUT2D eigenvalue weighted by Gasteiger charge is 2.22. The summed E-state index contributed by atoms with van der Waals surface area (Å²) in [5.41, 5.74) is 0.0720. The summed E-state index contributed by atoms with van der Waals surface area (Å²) in [5, 5.41) is 11.2. The number of hydrogen-bond donors (Lipinski definition) is 2. The van der Waals surface area contributed by atoms with E-state index in [-0.39, 0.29) is 12.1 Å². The zero-order valence-corrected chi connectivity index (χ0v) is 10.5. The Bertz CT molecular complexity index is 491. The molecule has 0 spiro atoms. The number of carbonyl (C=O) groups is 2. The fourth-order valence-electron chi connectivity index (χ4n) is 1.47. The number of anilines is 1. The van der Waals surface area contributed by atoms with Gasteiger partial charge < -0.3 is 10.4 Å². The number of halogens is 1. The van der Waals surface area contributed by atoms with Crippen LogP contribution in [-0.2, 0) is 4.79 Å². The van der Waals surface area contributed by atoms with Gasteiger partial charge in [-0.1, -0.05) is 18.2 Å². The molecular formula is C13H15FN2O3. The van der Waals surface area contributed by atoms with Gasteiger partial charge in [0.05, 0.1) is 5.69 Å². The zero-order chi connectivity index (χ0) is 14.4. The van der Waals surface area contributed by atoms with Crippen molar-refractivity contribution in [3.63, 3.8) is 0 Å². The van der Waals surface area contributed by atoms with Crippen LogP contribution >= 0.6 is 0 Å². The van der Waals surface area contributed by atoms with Crippen molar-refractivity contribution >= 4 is 17.7 Å². The maximum absolute atomic E-state index is 13.5. The Hall–Kier alpha value is -2.37. The van der Waals surface area contributed by atoms with Gasteiger partial charge in [-0.15, -0.1) is 6.58 Å². The third-order valence-corrected chi connectivity index (χ3v) is 2.52. The molecule has 0 heterocycles. The topological polar surface area (TPSA) is 69.6 Å². The lowest BCUT2D eigenvalue weighted by Gasteiger charge is -2.21. The van der Waals surface area contributed by atoms with E-state index in [2.05, 4.69) is 11.9 Å². The SMILES string of the molecule is C=CCC(NC(=O)N(C)c1ccccc1F)C(=O)O. The summed E-state index contributed by atoms with van der Waals surface area (Å²) in [4.78, 5) is 23.8. The Morgan fingerprint density at radius 3 is 2.68 bits per heavy atom. The molecule has 0 aliphatic heterocycles. The number of hydrogen-bond acceptors (Lipinski definition) is 2. The van der Waals surface area contributed by atoms with Gasteiger partial charge >= 0.3 is 12.0 Å². The van der Waals surface area contributed by atoms with E-state index in [9.17, 15) is 14.0 Å². The third-order valence-electron chi connectivity index (χ3n) is 2.52. The van der Waals surface area contributed by atoms with E-state index < -0.39 is 23.9 Å². The lowest BCUT2D eigenvalue weighted by atomic mass is 10.2. The Balaban J connectivity index is 2.80. The summed E-state index contributed by atoms with van der Waals surface area (Å²) in [6.45, 7) is 3.42. The molecule has 0 saturated heterocycles. The van der Waals surface area contributed by atoms with Crippen molar-refractivity contribution < 1.29 is 19.1 Å². The van der Waals surface area contributed by atoms with Crippen LogP contribution in [0.4, 0.5) is 14.9 Å². The van der Waals surface area contributed by atoms with Crippen LogP contribution in [0.25, 0.3) is 0 Å². The smallest absolute Gasteiger partial charge is 0.326 e. The van der Waals surface area contributed by atoms with Crippen LogP contribution in [0.5, 0.6) is 0 Å². The number of nitrogens with one attached hydrogen (secondary N) is 1.